The molecule has 0 fully saturated rings. The summed E-state index contributed by atoms with van der Waals surface area (Å²) in [5, 5.41) is 13.8. The Balaban J connectivity index is 1.55. The predicted octanol–water partition coefficient (Wildman–Crippen LogP) is 4.82. The molecular weight excluding hydrogens is 508 g/mol. The van der Waals surface area contributed by atoms with Gasteiger partial charge in [-0.1, -0.05) is 37.3 Å². The summed E-state index contributed by atoms with van der Waals surface area (Å²) < 4.78 is 19.2. The van der Waals surface area contributed by atoms with Crippen LogP contribution in [0.4, 0.5) is 0 Å². The van der Waals surface area contributed by atoms with E-state index in [1.165, 1.54) is 0 Å². The molecule has 0 saturated carbocycles. The molecule has 5 aromatic rings. The smallest absolute Gasteiger partial charge is 0.253 e. The van der Waals surface area contributed by atoms with E-state index in [1.807, 2.05) is 53.2 Å². The van der Waals surface area contributed by atoms with Crippen molar-refractivity contribution < 1.29 is 13.9 Å². The third-order valence-corrected chi connectivity index (χ3v) is 7.54. The lowest BCUT2D eigenvalue weighted by Crippen LogP contribution is -2.38. The Morgan fingerprint density at radius 2 is 1.80 bits per heavy atom. The number of aromatic nitrogens is 5. The van der Waals surface area contributed by atoms with Crippen molar-refractivity contribution in [2.75, 3.05) is 13.2 Å². The highest BCUT2D eigenvalue weighted by atomic mass is 16.6. The van der Waals surface area contributed by atoms with Crippen LogP contribution in [0.1, 0.15) is 55.9 Å². The van der Waals surface area contributed by atoms with E-state index in [2.05, 4.69) is 58.3 Å². The molecule has 10 heteroatoms. The number of hydrogen-bond acceptors (Lipinski definition) is 8. The number of aromatic amines is 1. The first-order chi connectivity index (χ1) is 19.4. The third kappa shape index (κ3) is 4.98. The highest BCUT2D eigenvalue weighted by Gasteiger charge is 2.35. The minimum absolute atomic E-state index is 0.226. The van der Waals surface area contributed by atoms with E-state index in [9.17, 15) is 4.79 Å². The number of nitrogens with zero attached hydrogens (tertiary/aromatic N) is 5. The van der Waals surface area contributed by atoms with Crippen molar-refractivity contribution in [3.8, 4) is 11.5 Å². The van der Waals surface area contributed by atoms with Crippen molar-refractivity contribution in [3.63, 3.8) is 0 Å². The largest absolute Gasteiger partial charge is 0.486 e. The second-order valence-corrected chi connectivity index (χ2v) is 10.6. The summed E-state index contributed by atoms with van der Waals surface area (Å²) in [4.78, 5) is 19.1. The number of nitrogens with one attached hydrogen (secondary N) is 1. The number of ether oxygens (including phenoxy) is 2. The number of furan rings is 1. The molecule has 4 heterocycles. The second-order valence-electron chi connectivity index (χ2n) is 10.6. The molecule has 10 nitrogen and oxygen atoms in total. The topological polar surface area (TPSA) is 111 Å². The fourth-order valence-corrected chi connectivity index (χ4v) is 5.07. The van der Waals surface area contributed by atoms with Crippen molar-refractivity contribution in [2.24, 2.45) is 0 Å². The predicted molar refractivity (Wildman–Crippen MR) is 149 cm³/mol. The van der Waals surface area contributed by atoms with Gasteiger partial charge < -0.3 is 18.9 Å². The van der Waals surface area contributed by atoms with Gasteiger partial charge >= 0.3 is 0 Å². The van der Waals surface area contributed by atoms with Gasteiger partial charge in [0.05, 0.1) is 23.9 Å². The maximum atomic E-state index is 13.9. The molecule has 1 unspecified atom stereocenters. The number of hydrogen-bond donors (Lipinski definition) is 1. The molecule has 40 heavy (non-hydrogen) atoms. The quantitative estimate of drug-likeness (QED) is 0.283. The van der Waals surface area contributed by atoms with E-state index in [0.717, 1.165) is 23.1 Å². The zero-order chi connectivity index (χ0) is 27.7. The molecule has 3 aromatic heterocycles. The Bertz CT molecular complexity index is 1660. The Kier molecular flexibility index (Phi) is 6.85. The molecule has 1 aliphatic rings. The van der Waals surface area contributed by atoms with Crippen molar-refractivity contribution in [2.45, 2.75) is 51.9 Å². The van der Waals surface area contributed by atoms with Crippen LogP contribution < -0.4 is 15.0 Å². The van der Waals surface area contributed by atoms with Crippen molar-refractivity contribution in [1.29, 1.82) is 0 Å². The molecule has 1 aliphatic heterocycles. The van der Waals surface area contributed by atoms with Gasteiger partial charge in [-0.15, -0.1) is 5.10 Å². The van der Waals surface area contributed by atoms with Crippen LogP contribution in [0.25, 0.3) is 10.9 Å². The number of fused-ring (bicyclic) bond motifs is 2. The zero-order valence-corrected chi connectivity index (χ0v) is 22.8. The van der Waals surface area contributed by atoms with E-state index in [-0.39, 0.29) is 11.1 Å². The molecule has 2 aromatic carbocycles. The van der Waals surface area contributed by atoms with E-state index in [0.29, 0.717) is 54.7 Å². The molecule has 0 spiro atoms. The minimum atomic E-state index is -0.590. The van der Waals surface area contributed by atoms with Gasteiger partial charge in [-0.2, -0.15) is 0 Å². The van der Waals surface area contributed by atoms with Crippen molar-refractivity contribution in [1.82, 2.24) is 30.1 Å². The number of H-pyrrole nitrogens is 1. The Morgan fingerprint density at radius 3 is 2.52 bits per heavy atom. The molecule has 0 radical (unpaired) electrons. The van der Waals surface area contributed by atoms with E-state index in [4.69, 9.17) is 13.9 Å². The van der Waals surface area contributed by atoms with Gasteiger partial charge in [0, 0.05) is 23.6 Å². The van der Waals surface area contributed by atoms with Crippen LogP contribution in [0.5, 0.6) is 11.5 Å². The monoisotopic (exact) mass is 540 g/mol. The molecule has 206 valence electrons. The van der Waals surface area contributed by atoms with Crippen LogP contribution in [0.3, 0.4) is 0 Å². The van der Waals surface area contributed by atoms with Gasteiger partial charge in [-0.25, -0.2) is 4.68 Å². The maximum Gasteiger partial charge on any atom is 0.253 e. The van der Waals surface area contributed by atoms with Gasteiger partial charge in [-0.3, -0.25) is 9.69 Å². The Morgan fingerprint density at radius 1 is 1.02 bits per heavy atom. The summed E-state index contributed by atoms with van der Waals surface area (Å²) in [5.41, 5.74) is 1.68. The third-order valence-electron chi connectivity index (χ3n) is 7.54. The van der Waals surface area contributed by atoms with E-state index < -0.39 is 6.04 Å². The van der Waals surface area contributed by atoms with Gasteiger partial charge in [-0.05, 0) is 60.5 Å². The normalized spacial score (nSPS) is 14.1. The van der Waals surface area contributed by atoms with Crippen molar-refractivity contribution in [3.05, 3.63) is 100.0 Å². The summed E-state index contributed by atoms with van der Waals surface area (Å²) >= 11 is 0. The number of benzene rings is 2. The lowest BCUT2D eigenvalue weighted by molar-refractivity contribution is 0.168. The van der Waals surface area contributed by atoms with E-state index >= 15 is 0 Å². The molecule has 1 atom stereocenters. The summed E-state index contributed by atoms with van der Waals surface area (Å²) in [7, 11) is 0. The standard InChI is InChI=1S/C30H32N6O4/c1-4-30(2,3)36-28(32-33-34-36)27(35(19-22-11-8-12-38-22)18-20-9-6-5-7-10-20)23-15-21-16-25-26(40-14-13-39-25)17-24(21)31-29(23)37/h5-12,15-17,27H,4,13-14,18-19H2,1-3H3,(H,31,37). The van der Waals surface area contributed by atoms with Crippen LogP contribution in [0, 0.1) is 0 Å². The number of pyridine rings is 1. The summed E-state index contributed by atoms with van der Waals surface area (Å²) in [6.45, 7) is 8.19. The van der Waals surface area contributed by atoms with Gasteiger partial charge in [0.25, 0.3) is 5.56 Å². The maximum absolute atomic E-state index is 13.9. The minimum Gasteiger partial charge on any atom is -0.486 e. The molecule has 0 amide bonds. The Labute approximate surface area is 231 Å². The summed E-state index contributed by atoms with van der Waals surface area (Å²) in [6.07, 6.45) is 2.45. The molecule has 0 aliphatic carbocycles. The molecular formula is C30H32N6O4. The number of rotatable bonds is 9. The van der Waals surface area contributed by atoms with Crippen LogP contribution in [-0.2, 0) is 18.6 Å². The average molecular weight is 541 g/mol. The van der Waals surface area contributed by atoms with Crippen LogP contribution in [-0.4, -0.2) is 43.3 Å². The molecule has 0 saturated heterocycles. The van der Waals surface area contributed by atoms with Gasteiger partial charge in [0.2, 0.25) is 0 Å². The molecule has 0 bridgehead atoms. The first-order valence-electron chi connectivity index (χ1n) is 13.5. The first kappa shape index (κ1) is 25.8. The second kappa shape index (κ2) is 10.6. The van der Waals surface area contributed by atoms with Crippen LogP contribution in [0.15, 0.2) is 76.1 Å². The van der Waals surface area contributed by atoms with Gasteiger partial charge in [0.15, 0.2) is 17.3 Å². The zero-order valence-electron chi connectivity index (χ0n) is 22.8. The molecule has 6 rings (SSSR count). The van der Waals surface area contributed by atoms with Crippen LogP contribution in [0.2, 0.25) is 0 Å². The fraction of sp³-hybridized carbons (Fsp3) is 0.333. The van der Waals surface area contributed by atoms with Crippen molar-refractivity contribution >= 4 is 10.9 Å². The van der Waals surface area contributed by atoms with Crippen LogP contribution >= 0.6 is 0 Å². The van der Waals surface area contributed by atoms with Gasteiger partial charge in [0.1, 0.15) is 25.0 Å². The average Bonchev–Trinajstić information content (AvgIpc) is 3.66. The van der Waals surface area contributed by atoms with E-state index in [1.54, 1.807) is 6.26 Å². The summed E-state index contributed by atoms with van der Waals surface area (Å²) in [6, 6.07) is 19.0. The SMILES string of the molecule is CCC(C)(C)n1nnnc1C(c1cc2cc3c(cc2[nH]c1=O)OCCO3)N(Cc1ccccc1)Cc1ccco1. The molecule has 1 N–H and O–H groups in total. The number of tetrazole rings is 1. The lowest BCUT2D eigenvalue weighted by Gasteiger charge is -2.33. The first-order valence-corrected chi connectivity index (χ1v) is 13.5. The summed E-state index contributed by atoms with van der Waals surface area (Å²) in [5.74, 6) is 2.63. The highest BCUT2D eigenvalue weighted by Crippen LogP contribution is 2.36. The lowest BCUT2D eigenvalue weighted by atomic mass is 9.98. The fourth-order valence-electron chi connectivity index (χ4n) is 5.07. The Hall–Kier alpha value is -4.44. The highest BCUT2D eigenvalue weighted by molar-refractivity contribution is 5.83.